The molecule has 2 aromatic rings. The molecule has 0 atom stereocenters. The van der Waals surface area contributed by atoms with Gasteiger partial charge in [0.05, 0.1) is 11.5 Å². The molecule has 0 bridgehead atoms. The zero-order chi connectivity index (χ0) is 18.0. The van der Waals surface area contributed by atoms with Crippen LogP contribution in [-0.2, 0) is 16.1 Å². The average molecular weight is 365 g/mol. The summed E-state index contributed by atoms with van der Waals surface area (Å²) < 4.78 is 20.0. The Morgan fingerprint density at radius 1 is 1.32 bits per heavy atom. The molecule has 25 heavy (non-hydrogen) atoms. The summed E-state index contributed by atoms with van der Waals surface area (Å²) in [6.07, 6.45) is 3.31. The van der Waals surface area contributed by atoms with E-state index in [0.29, 0.717) is 33.4 Å². The summed E-state index contributed by atoms with van der Waals surface area (Å²) in [4.78, 5) is 25.0. The van der Waals surface area contributed by atoms with Crippen molar-refractivity contribution in [2.24, 2.45) is 0 Å². The van der Waals surface area contributed by atoms with E-state index in [9.17, 15) is 19.1 Å². The Bertz CT molecular complexity index is 811. The van der Waals surface area contributed by atoms with Gasteiger partial charge in [0, 0.05) is 22.8 Å². The Hall–Kier alpha value is -1.99. The summed E-state index contributed by atoms with van der Waals surface area (Å²) in [6, 6.07) is 4.68. The van der Waals surface area contributed by atoms with Crippen LogP contribution in [0.15, 0.2) is 18.2 Å². The SMILES string of the molecule is COCc1c(C(=O)NC2(C(=O)O)CCCCC2)sc2cccc(F)c12. The molecule has 134 valence electrons. The van der Waals surface area contributed by atoms with E-state index in [4.69, 9.17) is 4.74 Å². The number of methoxy groups -OCH3 is 1. The average Bonchev–Trinajstić information content (AvgIpc) is 2.96. The molecular weight excluding hydrogens is 345 g/mol. The molecule has 0 unspecified atom stereocenters. The number of carboxylic acid groups (broad SMARTS) is 1. The van der Waals surface area contributed by atoms with Crippen LogP contribution < -0.4 is 5.32 Å². The van der Waals surface area contributed by atoms with E-state index in [1.807, 2.05) is 0 Å². The number of thiophene rings is 1. The molecular formula is C18H20FNO4S. The van der Waals surface area contributed by atoms with Gasteiger partial charge in [-0.3, -0.25) is 4.79 Å². The van der Waals surface area contributed by atoms with Crippen molar-refractivity contribution in [3.8, 4) is 0 Å². The lowest BCUT2D eigenvalue weighted by atomic mass is 9.81. The maximum atomic E-state index is 14.2. The Morgan fingerprint density at radius 3 is 2.68 bits per heavy atom. The van der Waals surface area contributed by atoms with E-state index >= 15 is 0 Å². The Balaban J connectivity index is 2.00. The lowest BCUT2D eigenvalue weighted by Gasteiger charge is -2.33. The number of carbonyl (C=O) groups excluding carboxylic acids is 1. The summed E-state index contributed by atoms with van der Waals surface area (Å²) in [5.74, 6) is -1.90. The van der Waals surface area contributed by atoms with E-state index in [1.165, 1.54) is 13.2 Å². The third-order valence-corrected chi connectivity index (χ3v) is 5.92. The van der Waals surface area contributed by atoms with Crippen LogP contribution in [0.25, 0.3) is 10.1 Å². The Morgan fingerprint density at radius 2 is 2.04 bits per heavy atom. The van der Waals surface area contributed by atoms with Gasteiger partial charge in [-0.2, -0.15) is 0 Å². The van der Waals surface area contributed by atoms with E-state index in [0.717, 1.165) is 30.6 Å². The van der Waals surface area contributed by atoms with Gasteiger partial charge >= 0.3 is 5.97 Å². The highest BCUT2D eigenvalue weighted by molar-refractivity contribution is 7.21. The maximum absolute atomic E-state index is 14.2. The number of nitrogens with one attached hydrogen (secondary N) is 1. The van der Waals surface area contributed by atoms with Crippen molar-refractivity contribution < 1.29 is 23.8 Å². The first-order chi connectivity index (χ1) is 12.0. The number of hydrogen-bond donors (Lipinski definition) is 2. The van der Waals surface area contributed by atoms with Crippen LogP contribution in [0.2, 0.25) is 0 Å². The first-order valence-corrected chi connectivity index (χ1v) is 9.05. The second-order valence-corrected chi connectivity index (χ2v) is 7.41. The molecule has 7 heteroatoms. The normalized spacial score (nSPS) is 16.7. The second-order valence-electron chi connectivity index (χ2n) is 6.36. The molecule has 0 radical (unpaired) electrons. The molecule has 1 aromatic heterocycles. The number of carboxylic acids is 1. The predicted molar refractivity (Wildman–Crippen MR) is 93.4 cm³/mol. The van der Waals surface area contributed by atoms with E-state index in [2.05, 4.69) is 5.32 Å². The summed E-state index contributed by atoms with van der Waals surface area (Å²) >= 11 is 1.16. The minimum Gasteiger partial charge on any atom is -0.480 e. The zero-order valence-corrected chi connectivity index (χ0v) is 14.7. The fourth-order valence-electron chi connectivity index (χ4n) is 3.45. The van der Waals surface area contributed by atoms with Crippen LogP contribution in [0, 0.1) is 5.82 Å². The van der Waals surface area contributed by atoms with Crippen molar-refractivity contribution in [1.29, 1.82) is 0 Å². The van der Waals surface area contributed by atoms with Gasteiger partial charge in [0.1, 0.15) is 11.4 Å². The van der Waals surface area contributed by atoms with E-state index < -0.39 is 23.2 Å². The molecule has 1 aliphatic carbocycles. The number of halogens is 1. The summed E-state index contributed by atoms with van der Waals surface area (Å²) in [5, 5.41) is 12.7. The van der Waals surface area contributed by atoms with Gasteiger partial charge in [-0.1, -0.05) is 25.3 Å². The highest BCUT2D eigenvalue weighted by Gasteiger charge is 2.41. The number of ether oxygens (including phenoxy) is 1. The number of amides is 1. The van der Waals surface area contributed by atoms with Gasteiger partial charge in [0.15, 0.2) is 0 Å². The van der Waals surface area contributed by atoms with Crippen LogP contribution >= 0.6 is 11.3 Å². The monoisotopic (exact) mass is 365 g/mol. The molecule has 1 heterocycles. The van der Waals surface area contributed by atoms with Crippen molar-refractivity contribution in [3.63, 3.8) is 0 Å². The third-order valence-electron chi connectivity index (χ3n) is 4.73. The van der Waals surface area contributed by atoms with Crippen LogP contribution in [0.1, 0.15) is 47.3 Å². The highest BCUT2D eigenvalue weighted by atomic mass is 32.1. The van der Waals surface area contributed by atoms with Crippen molar-refractivity contribution in [2.75, 3.05) is 7.11 Å². The topological polar surface area (TPSA) is 75.6 Å². The second kappa shape index (κ2) is 7.09. The van der Waals surface area contributed by atoms with Crippen LogP contribution in [0.3, 0.4) is 0 Å². The fraction of sp³-hybridized carbons (Fsp3) is 0.444. The Kier molecular flexibility index (Phi) is 5.06. The van der Waals surface area contributed by atoms with Crippen LogP contribution in [-0.4, -0.2) is 29.6 Å². The molecule has 0 saturated heterocycles. The lowest BCUT2D eigenvalue weighted by molar-refractivity contribution is -0.145. The summed E-state index contributed by atoms with van der Waals surface area (Å²) in [5.41, 5.74) is -0.775. The van der Waals surface area contributed by atoms with Gasteiger partial charge in [-0.25, -0.2) is 9.18 Å². The van der Waals surface area contributed by atoms with Crippen LogP contribution in [0.4, 0.5) is 4.39 Å². The highest BCUT2D eigenvalue weighted by Crippen LogP contribution is 2.35. The van der Waals surface area contributed by atoms with Crippen molar-refractivity contribution in [1.82, 2.24) is 5.32 Å². The molecule has 1 saturated carbocycles. The quantitative estimate of drug-likeness (QED) is 0.847. The molecule has 3 rings (SSSR count). The Labute approximate surface area is 148 Å². The van der Waals surface area contributed by atoms with Gasteiger partial charge in [-0.05, 0) is 25.0 Å². The molecule has 2 N–H and O–H groups in total. The number of carbonyl (C=O) groups is 2. The fourth-order valence-corrected chi connectivity index (χ4v) is 4.57. The first-order valence-electron chi connectivity index (χ1n) is 8.23. The molecule has 1 aromatic carbocycles. The molecule has 5 nitrogen and oxygen atoms in total. The number of hydrogen-bond acceptors (Lipinski definition) is 4. The first kappa shape index (κ1) is 17.8. The zero-order valence-electron chi connectivity index (χ0n) is 13.9. The molecule has 0 spiro atoms. The van der Waals surface area contributed by atoms with E-state index in [1.54, 1.807) is 12.1 Å². The largest absolute Gasteiger partial charge is 0.480 e. The minimum absolute atomic E-state index is 0.0871. The van der Waals surface area contributed by atoms with Crippen LogP contribution in [0.5, 0.6) is 0 Å². The number of benzene rings is 1. The predicted octanol–water partition coefficient (Wildman–Crippen LogP) is 3.70. The molecule has 0 aliphatic heterocycles. The van der Waals surface area contributed by atoms with Gasteiger partial charge in [0.25, 0.3) is 5.91 Å². The van der Waals surface area contributed by atoms with Gasteiger partial charge < -0.3 is 15.2 Å². The summed E-state index contributed by atoms with van der Waals surface area (Å²) in [6.45, 7) is 0.0871. The summed E-state index contributed by atoms with van der Waals surface area (Å²) in [7, 11) is 1.48. The molecule has 1 aliphatic rings. The van der Waals surface area contributed by atoms with Gasteiger partial charge in [-0.15, -0.1) is 11.3 Å². The third kappa shape index (κ3) is 3.26. The van der Waals surface area contributed by atoms with Crippen molar-refractivity contribution in [3.05, 3.63) is 34.5 Å². The van der Waals surface area contributed by atoms with Gasteiger partial charge in [0.2, 0.25) is 0 Å². The number of rotatable bonds is 5. The molecule has 1 amide bonds. The minimum atomic E-state index is -1.24. The number of aliphatic carboxylic acids is 1. The maximum Gasteiger partial charge on any atom is 0.329 e. The van der Waals surface area contributed by atoms with Crippen molar-refractivity contribution in [2.45, 2.75) is 44.2 Å². The smallest absolute Gasteiger partial charge is 0.329 e. The number of fused-ring (bicyclic) bond motifs is 1. The molecule has 1 fully saturated rings. The lowest BCUT2D eigenvalue weighted by Crippen LogP contribution is -2.55. The van der Waals surface area contributed by atoms with Crippen molar-refractivity contribution >= 4 is 33.3 Å². The van der Waals surface area contributed by atoms with E-state index in [-0.39, 0.29) is 6.61 Å². The standard InChI is InChI=1S/C18H20FNO4S/c1-24-10-11-14-12(19)6-5-7-13(14)25-15(11)16(21)20-18(17(22)23)8-3-2-4-9-18/h5-7H,2-4,8-10H2,1H3,(H,20,21)(H,22,23).